The first-order valence-electron chi connectivity index (χ1n) is 19.0. The maximum absolute atomic E-state index is 6.94. The summed E-state index contributed by atoms with van der Waals surface area (Å²) in [6.45, 7) is 6.87. The second kappa shape index (κ2) is 12.1. The zero-order chi connectivity index (χ0) is 36.8. The minimum absolute atomic E-state index is 0.0534. The largest absolute Gasteiger partial charge is 0.458 e. The molecule has 0 unspecified atom stereocenters. The predicted octanol–water partition coefficient (Wildman–Crippen LogP) is 12.4. The van der Waals surface area contributed by atoms with Gasteiger partial charge in [0, 0.05) is 54.0 Å². The molecule has 262 valence electrons. The molecule has 0 aliphatic carbocycles. The lowest BCUT2D eigenvalue weighted by atomic mass is 9.34. The summed E-state index contributed by atoms with van der Waals surface area (Å²) in [7, 11) is 0. The third-order valence-corrected chi connectivity index (χ3v) is 12.5. The molecule has 0 radical (unpaired) electrons. The van der Waals surface area contributed by atoms with Crippen molar-refractivity contribution in [2.75, 3.05) is 9.80 Å². The molecule has 5 heteroatoms. The van der Waals surface area contributed by atoms with E-state index in [2.05, 4.69) is 200 Å². The Morgan fingerprint density at radius 1 is 0.545 bits per heavy atom. The first-order chi connectivity index (χ1) is 26.9. The topological polar surface area (TPSA) is 15.7 Å². The Labute approximate surface area is 325 Å². The van der Waals surface area contributed by atoms with Crippen molar-refractivity contribution < 1.29 is 4.74 Å². The molecule has 0 spiro atoms. The Kier molecular flexibility index (Phi) is 7.08. The number of hydrogen-bond donors (Lipinski definition) is 0. The van der Waals surface area contributed by atoms with Crippen LogP contribution in [0.1, 0.15) is 26.3 Å². The zero-order valence-electron chi connectivity index (χ0n) is 31.0. The highest BCUT2D eigenvalue weighted by molar-refractivity contribution is 7.26. The second-order valence-corrected chi connectivity index (χ2v) is 16.8. The smallest absolute Gasteiger partial charge is 0.256 e. The van der Waals surface area contributed by atoms with Gasteiger partial charge in [-0.25, -0.2) is 0 Å². The Hall–Kier alpha value is -6.30. The number of fused-ring (bicyclic) bond motifs is 9. The van der Waals surface area contributed by atoms with E-state index < -0.39 is 0 Å². The molecule has 9 aromatic rings. The molecule has 0 N–H and O–H groups in total. The van der Waals surface area contributed by atoms with Gasteiger partial charge in [0.25, 0.3) is 6.71 Å². The Morgan fingerprint density at radius 3 is 2.00 bits per heavy atom. The van der Waals surface area contributed by atoms with Gasteiger partial charge in [0.2, 0.25) is 0 Å². The van der Waals surface area contributed by atoms with E-state index in [1.165, 1.54) is 70.0 Å². The molecule has 0 saturated heterocycles. The van der Waals surface area contributed by atoms with Gasteiger partial charge < -0.3 is 14.5 Å². The van der Waals surface area contributed by atoms with Crippen molar-refractivity contribution in [3.63, 3.8) is 0 Å². The van der Waals surface area contributed by atoms with Gasteiger partial charge >= 0.3 is 0 Å². The van der Waals surface area contributed by atoms with E-state index in [1.807, 2.05) is 11.3 Å². The van der Waals surface area contributed by atoms with Gasteiger partial charge in [0.05, 0.1) is 5.69 Å². The molecule has 2 aliphatic rings. The van der Waals surface area contributed by atoms with Gasteiger partial charge in [-0.3, -0.25) is 0 Å². The van der Waals surface area contributed by atoms with Crippen LogP contribution in [0, 0.1) is 0 Å². The fraction of sp³-hybridized carbons (Fsp3) is 0.0800. The number of thiophene rings is 1. The Bertz CT molecular complexity index is 2950. The number of rotatable bonds is 4. The maximum Gasteiger partial charge on any atom is 0.256 e. The second-order valence-electron chi connectivity index (χ2n) is 15.7. The molecule has 2 aliphatic heterocycles. The fourth-order valence-corrected chi connectivity index (χ4v) is 10.1. The summed E-state index contributed by atoms with van der Waals surface area (Å²) in [6, 6.07) is 62.0. The molecule has 55 heavy (non-hydrogen) atoms. The van der Waals surface area contributed by atoms with Crippen LogP contribution in [0.25, 0.3) is 30.9 Å². The van der Waals surface area contributed by atoms with Crippen LogP contribution in [0.3, 0.4) is 0 Å². The molecule has 0 saturated carbocycles. The van der Waals surface area contributed by atoms with Crippen LogP contribution in [0.4, 0.5) is 34.1 Å². The molecule has 0 atom stereocenters. The maximum atomic E-state index is 6.94. The molecule has 0 amide bonds. The number of ether oxygens (including phenoxy) is 1. The number of para-hydroxylation sites is 3. The normalized spacial score (nSPS) is 13.1. The summed E-state index contributed by atoms with van der Waals surface area (Å²) < 4.78 is 9.47. The van der Waals surface area contributed by atoms with Crippen LogP contribution in [-0.2, 0) is 5.41 Å². The standard InChI is InChI=1S/C50H37BN2OS/c1-50(2,3)32-25-27-35(28-26-32)52(33-15-6-4-7-16-33)43-31-47-48(37-20-11-10-19-36(37)43)38-29-45-40(30-46(38)55-47)51-39-21-12-13-22-41(39)53(34-17-8-5-9-18-34)42-23-14-24-44(54-45)49(42)51/h4-31H,1-3H3. The van der Waals surface area contributed by atoms with Crippen molar-refractivity contribution in [3.8, 4) is 11.5 Å². The highest BCUT2D eigenvalue weighted by Crippen LogP contribution is 2.48. The SMILES string of the molecule is CC(C)(C)c1ccc(N(c2ccccc2)c2cc3sc4cc5c(cc4c3c3ccccc23)Oc2cccc3c2B5c2ccccc2N3c2ccccc2)cc1. The molecular weight excluding hydrogens is 687 g/mol. The van der Waals surface area contributed by atoms with Gasteiger partial charge in [-0.2, -0.15) is 0 Å². The molecule has 3 nitrogen and oxygen atoms in total. The quantitative estimate of drug-likeness (QED) is 0.168. The summed E-state index contributed by atoms with van der Waals surface area (Å²) in [5.74, 6) is 1.86. The zero-order valence-corrected chi connectivity index (χ0v) is 31.8. The summed E-state index contributed by atoms with van der Waals surface area (Å²) in [5.41, 5.74) is 12.1. The molecule has 8 aromatic carbocycles. The van der Waals surface area contributed by atoms with Gasteiger partial charge in [0.15, 0.2) is 0 Å². The van der Waals surface area contributed by atoms with Crippen molar-refractivity contribution >= 4 is 99.5 Å². The highest BCUT2D eigenvalue weighted by atomic mass is 32.1. The van der Waals surface area contributed by atoms with Crippen molar-refractivity contribution in [1.29, 1.82) is 0 Å². The third kappa shape index (κ3) is 4.96. The molecule has 1 aromatic heterocycles. The molecular formula is C50H37BN2OS. The van der Waals surface area contributed by atoms with E-state index in [0.717, 1.165) is 28.6 Å². The lowest BCUT2D eigenvalue weighted by Crippen LogP contribution is -2.59. The highest BCUT2D eigenvalue weighted by Gasteiger charge is 2.42. The minimum atomic E-state index is 0.0534. The van der Waals surface area contributed by atoms with Crippen LogP contribution in [0.5, 0.6) is 11.5 Å². The summed E-state index contributed by atoms with van der Waals surface area (Å²) in [5, 5.41) is 4.97. The van der Waals surface area contributed by atoms with Crippen LogP contribution in [0.2, 0.25) is 0 Å². The van der Waals surface area contributed by atoms with Gasteiger partial charge in [-0.05, 0) is 106 Å². The summed E-state index contributed by atoms with van der Waals surface area (Å²) >= 11 is 1.88. The van der Waals surface area contributed by atoms with Crippen molar-refractivity contribution in [2.45, 2.75) is 26.2 Å². The molecule has 3 heterocycles. The van der Waals surface area contributed by atoms with E-state index in [1.54, 1.807) is 0 Å². The molecule has 0 bridgehead atoms. The number of benzene rings is 8. The first kappa shape index (κ1) is 32.2. The Morgan fingerprint density at radius 2 is 1.22 bits per heavy atom. The summed E-state index contributed by atoms with van der Waals surface area (Å²) in [6.07, 6.45) is 0. The van der Waals surface area contributed by atoms with Gasteiger partial charge in [0.1, 0.15) is 11.5 Å². The lowest BCUT2D eigenvalue weighted by molar-refractivity contribution is 0.488. The van der Waals surface area contributed by atoms with Crippen molar-refractivity contribution in [2.24, 2.45) is 0 Å². The van der Waals surface area contributed by atoms with Gasteiger partial charge in [-0.15, -0.1) is 11.3 Å². The average Bonchev–Trinajstić information content (AvgIpc) is 3.58. The molecule has 0 fully saturated rings. The van der Waals surface area contributed by atoms with Crippen molar-refractivity contribution in [1.82, 2.24) is 0 Å². The van der Waals surface area contributed by atoms with Crippen LogP contribution in [-0.4, -0.2) is 6.71 Å². The van der Waals surface area contributed by atoms with E-state index in [4.69, 9.17) is 4.74 Å². The van der Waals surface area contributed by atoms with Crippen molar-refractivity contribution in [3.05, 3.63) is 175 Å². The monoisotopic (exact) mass is 724 g/mol. The first-order valence-corrected chi connectivity index (χ1v) is 19.9. The van der Waals surface area contributed by atoms with Crippen LogP contribution >= 0.6 is 11.3 Å². The fourth-order valence-electron chi connectivity index (χ4n) is 8.90. The number of hydrogen-bond acceptors (Lipinski definition) is 4. The minimum Gasteiger partial charge on any atom is -0.458 e. The van der Waals surface area contributed by atoms with Gasteiger partial charge in [-0.1, -0.05) is 118 Å². The van der Waals surface area contributed by atoms with E-state index in [0.29, 0.717) is 0 Å². The van der Waals surface area contributed by atoms with E-state index in [-0.39, 0.29) is 12.1 Å². The Balaban J connectivity index is 1.13. The number of anilines is 6. The lowest BCUT2D eigenvalue weighted by Gasteiger charge is -2.39. The van der Waals surface area contributed by atoms with Crippen LogP contribution in [0.15, 0.2) is 170 Å². The average molecular weight is 725 g/mol. The van der Waals surface area contributed by atoms with E-state index >= 15 is 0 Å². The van der Waals surface area contributed by atoms with E-state index in [9.17, 15) is 0 Å². The molecule has 11 rings (SSSR count). The third-order valence-electron chi connectivity index (χ3n) is 11.4. The van der Waals surface area contributed by atoms with Crippen LogP contribution < -0.4 is 30.9 Å². The predicted molar refractivity (Wildman–Crippen MR) is 236 cm³/mol. The summed E-state index contributed by atoms with van der Waals surface area (Å²) in [4.78, 5) is 4.81. The number of nitrogens with zero attached hydrogens (tertiary/aromatic N) is 2.